The van der Waals surface area contributed by atoms with Crippen molar-refractivity contribution in [2.24, 2.45) is 0 Å². The summed E-state index contributed by atoms with van der Waals surface area (Å²) in [6.45, 7) is 6.20. The van der Waals surface area contributed by atoms with Crippen molar-refractivity contribution in [1.29, 1.82) is 0 Å². The van der Waals surface area contributed by atoms with Gasteiger partial charge in [0.25, 0.3) is 5.91 Å². The largest absolute Gasteiger partial charge is 0.332 e. The quantitative estimate of drug-likeness (QED) is 0.719. The molecule has 0 saturated carbocycles. The number of rotatable bonds is 6. The van der Waals surface area contributed by atoms with Crippen LogP contribution in [0.3, 0.4) is 0 Å². The molecule has 3 rings (SSSR count). The zero-order valence-electron chi connectivity index (χ0n) is 14.2. The second-order valence-electron chi connectivity index (χ2n) is 6.28. The smallest absolute Gasteiger partial charge is 0.273 e. The number of halogens is 2. The van der Waals surface area contributed by atoms with Crippen molar-refractivity contribution in [2.45, 2.75) is 26.3 Å². The van der Waals surface area contributed by atoms with E-state index in [9.17, 15) is 4.79 Å². The number of carbonyl (C=O) groups excluding carboxylic acids is 1. The third-order valence-corrected chi connectivity index (χ3v) is 5.88. The molecule has 0 aliphatic carbocycles. The molecule has 1 fully saturated rings. The van der Waals surface area contributed by atoms with Crippen LogP contribution in [0.25, 0.3) is 0 Å². The van der Waals surface area contributed by atoms with E-state index in [4.69, 9.17) is 23.2 Å². The summed E-state index contributed by atoms with van der Waals surface area (Å²) in [5.41, 5.74) is 1.49. The summed E-state index contributed by atoms with van der Waals surface area (Å²) in [5.74, 6) is -0.0328. The van der Waals surface area contributed by atoms with E-state index in [0.717, 1.165) is 30.2 Å². The van der Waals surface area contributed by atoms with Gasteiger partial charge in [-0.1, -0.05) is 29.3 Å². The summed E-state index contributed by atoms with van der Waals surface area (Å²) in [5, 5.41) is 3.76. The highest BCUT2D eigenvalue weighted by Gasteiger charge is 2.21. The van der Waals surface area contributed by atoms with Gasteiger partial charge in [-0.2, -0.15) is 0 Å². The molecule has 0 bridgehead atoms. The molecule has 2 heterocycles. The van der Waals surface area contributed by atoms with Gasteiger partial charge in [-0.3, -0.25) is 4.79 Å². The lowest BCUT2D eigenvalue weighted by molar-refractivity contribution is 0.0722. The molecule has 0 spiro atoms. The van der Waals surface area contributed by atoms with Crippen molar-refractivity contribution in [3.05, 3.63) is 49.9 Å². The fourth-order valence-corrected chi connectivity index (χ4v) is 3.91. The molecule has 0 unspecified atom stereocenters. The normalized spacial score (nSPS) is 14.8. The maximum atomic E-state index is 12.9. The topological polar surface area (TPSA) is 36.4 Å². The highest BCUT2D eigenvalue weighted by Crippen LogP contribution is 2.24. The SMILES string of the molecule is Cc1nc(C(=O)N(CCN2CCCC2)Cc2ccc(Cl)c(Cl)c2)cs1. The molecule has 1 saturated heterocycles. The van der Waals surface area contributed by atoms with Crippen LogP contribution in [-0.2, 0) is 6.54 Å². The lowest BCUT2D eigenvalue weighted by Crippen LogP contribution is -2.37. The van der Waals surface area contributed by atoms with Crippen LogP contribution in [0, 0.1) is 6.92 Å². The van der Waals surface area contributed by atoms with Crippen LogP contribution in [0.2, 0.25) is 10.0 Å². The number of aromatic nitrogens is 1. The fraction of sp³-hybridized carbons (Fsp3) is 0.444. The fourth-order valence-electron chi connectivity index (χ4n) is 3.00. The first-order chi connectivity index (χ1) is 12.0. The zero-order chi connectivity index (χ0) is 17.8. The predicted molar refractivity (Wildman–Crippen MR) is 104 cm³/mol. The third-order valence-electron chi connectivity index (χ3n) is 4.37. The standard InChI is InChI=1S/C18H21Cl2N3OS/c1-13-21-17(12-25-13)18(24)23(9-8-22-6-2-3-7-22)11-14-4-5-15(19)16(20)10-14/h4-5,10,12H,2-3,6-9,11H2,1H3. The van der Waals surface area contributed by atoms with Crippen molar-refractivity contribution >= 4 is 40.4 Å². The van der Waals surface area contributed by atoms with Crippen LogP contribution < -0.4 is 0 Å². The van der Waals surface area contributed by atoms with Gasteiger partial charge in [-0.25, -0.2) is 4.98 Å². The average molecular weight is 398 g/mol. The lowest BCUT2D eigenvalue weighted by atomic mass is 10.2. The van der Waals surface area contributed by atoms with E-state index in [2.05, 4.69) is 9.88 Å². The summed E-state index contributed by atoms with van der Waals surface area (Å²) in [6, 6.07) is 5.51. The van der Waals surface area contributed by atoms with Gasteiger partial charge >= 0.3 is 0 Å². The van der Waals surface area contributed by atoms with Gasteiger partial charge in [0.2, 0.25) is 0 Å². The van der Waals surface area contributed by atoms with Crippen LogP contribution in [0.15, 0.2) is 23.6 Å². The van der Waals surface area contributed by atoms with Gasteiger partial charge < -0.3 is 9.80 Å². The number of hydrogen-bond donors (Lipinski definition) is 0. The first kappa shape index (κ1) is 18.6. The zero-order valence-corrected chi connectivity index (χ0v) is 16.5. The van der Waals surface area contributed by atoms with Crippen LogP contribution in [-0.4, -0.2) is 46.9 Å². The Morgan fingerprint density at radius 2 is 2.04 bits per heavy atom. The molecule has 134 valence electrons. The highest BCUT2D eigenvalue weighted by molar-refractivity contribution is 7.09. The molecule has 1 aromatic heterocycles. The molecule has 1 aromatic carbocycles. The Labute approximate surface area is 162 Å². The summed E-state index contributed by atoms with van der Waals surface area (Å²) >= 11 is 13.6. The van der Waals surface area contributed by atoms with Gasteiger partial charge in [-0.05, 0) is 50.6 Å². The Balaban J connectivity index is 1.74. The van der Waals surface area contributed by atoms with Gasteiger partial charge in [0.1, 0.15) is 5.69 Å². The maximum absolute atomic E-state index is 12.9. The molecular weight excluding hydrogens is 377 g/mol. The molecule has 0 N–H and O–H groups in total. The predicted octanol–water partition coefficient (Wildman–Crippen LogP) is 4.50. The highest BCUT2D eigenvalue weighted by atomic mass is 35.5. The number of thiazole rings is 1. The van der Waals surface area contributed by atoms with Crippen LogP contribution in [0.5, 0.6) is 0 Å². The first-order valence-electron chi connectivity index (χ1n) is 8.40. The Bertz CT molecular complexity index is 744. The van der Waals surface area contributed by atoms with Gasteiger partial charge in [0, 0.05) is 25.0 Å². The van der Waals surface area contributed by atoms with E-state index < -0.39 is 0 Å². The molecule has 4 nitrogen and oxygen atoms in total. The number of likely N-dealkylation sites (tertiary alicyclic amines) is 1. The third kappa shape index (κ3) is 4.94. The Morgan fingerprint density at radius 1 is 1.28 bits per heavy atom. The maximum Gasteiger partial charge on any atom is 0.273 e. The molecule has 7 heteroatoms. The number of amides is 1. The van der Waals surface area contributed by atoms with E-state index in [0.29, 0.717) is 28.8 Å². The number of carbonyl (C=O) groups is 1. The molecule has 1 amide bonds. The first-order valence-corrected chi connectivity index (χ1v) is 10.0. The molecule has 1 aliphatic heterocycles. The summed E-state index contributed by atoms with van der Waals surface area (Å²) in [6.07, 6.45) is 2.48. The minimum absolute atomic E-state index is 0.0328. The Morgan fingerprint density at radius 3 is 2.68 bits per heavy atom. The minimum atomic E-state index is -0.0328. The number of hydrogen-bond acceptors (Lipinski definition) is 4. The average Bonchev–Trinajstić information content (AvgIpc) is 3.25. The van der Waals surface area contributed by atoms with Crippen molar-refractivity contribution in [3.63, 3.8) is 0 Å². The van der Waals surface area contributed by atoms with Crippen LogP contribution >= 0.6 is 34.5 Å². The van der Waals surface area contributed by atoms with Gasteiger partial charge in [0.15, 0.2) is 0 Å². The molecule has 25 heavy (non-hydrogen) atoms. The second kappa shape index (κ2) is 8.49. The summed E-state index contributed by atoms with van der Waals surface area (Å²) in [4.78, 5) is 21.5. The van der Waals surface area contributed by atoms with Crippen molar-refractivity contribution in [1.82, 2.24) is 14.8 Å². The second-order valence-corrected chi connectivity index (χ2v) is 8.15. The van der Waals surface area contributed by atoms with Crippen molar-refractivity contribution in [3.8, 4) is 0 Å². The molecular formula is C18H21Cl2N3OS. The molecule has 2 aromatic rings. The van der Waals surface area contributed by atoms with Crippen molar-refractivity contribution < 1.29 is 4.79 Å². The van der Waals surface area contributed by atoms with Crippen LogP contribution in [0.4, 0.5) is 0 Å². The summed E-state index contributed by atoms with van der Waals surface area (Å²) in [7, 11) is 0. The molecule has 0 atom stereocenters. The van der Waals surface area contributed by atoms with E-state index in [1.54, 1.807) is 6.07 Å². The van der Waals surface area contributed by atoms with Crippen molar-refractivity contribution in [2.75, 3.05) is 26.2 Å². The monoisotopic (exact) mass is 397 g/mol. The lowest BCUT2D eigenvalue weighted by Gasteiger charge is -2.25. The van der Waals surface area contributed by atoms with Gasteiger partial charge in [0.05, 0.1) is 15.1 Å². The van der Waals surface area contributed by atoms with E-state index >= 15 is 0 Å². The number of aryl methyl sites for hydroxylation is 1. The molecule has 0 radical (unpaired) electrons. The van der Waals surface area contributed by atoms with E-state index in [1.165, 1.54) is 24.2 Å². The Hall–Kier alpha value is -1.14. The number of nitrogens with zero attached hydrogens (tertiary/aromatic N) is 3. The Kier molecular flexibility index (Phi) is 6.34. The minimum Gasteiger partial charge on any atom is -0.332 e. The van der Waals surface area contributed by atoms with Crippen LogP contribution in [0.1, 0.15) is 33.9 Å². The number of benzene rings is 1. The van der Waals surface area contributed by atoms with E-state index in [1.807, 2.05) is 29.3 Å². The summed E-state index contributed by atoms with van der Waals surface area (Å²) < 4.78 is 0. The van der Waals surface area contributed by atoms with E-state index in [-0.39, 0.29) is 5.91 Å². The molecule has 1 aliphatic rings. The van der Waals surface area contributed by atoms with Gasteiger partial charge in [-0.15, -0.1) is 11.3 Å².